The number of carbonyl (C=O) groups excluding carboxylic acids is 2. The number of nitrogens with one attached hydrogen (secondary N) is 1. The summed E-state index contributed by atoms with van der Waals surface area (Å²) in [6.45, 7) is 3.78. The van der Waals surface area contributed by atoms with Crippen LogP contribution in [0, 0.1) is 5.41 Å². The Morgan fingerprint density at radius 1 is 1.10 bits per heavy atom. The number of aromatic carboxylic acids is 1. The van der Waals surface area contributed by atoms with Crippen molar-refractivity contribution < 1.29 is 24.2 Å². The van der Waals surface area contributed by atoms with Gasteiger partial charge in [-0.15, -0.1) is 11.8 Å². The molecule has 7 nitrogen and oxygen atoms in total. The maximum atomic E-state index is 12.9. The van der Waals surface area contributed by atoms with Gasteiger partial charge in [0, 0.05) is 10.6 Å². The molecule has 1 heterocycles. The molecule has 158 valence electrons. The Bertz CT molecular complexity index is 939. The number of carbonyl (C=O) groups is 3. The molecule has 2 aromatic rings. The molecule has 8 heteroatoms. The Kier molecular flexibility index (Phi) is 6.36. The molecule has 1 aliphatic heterocycles. The van der Waals surface area contributed by atoms with Crippen LogP contribution in [-0.2, 0) is 4.79 Å². The predicted molar refractivity (Wildman–Crippen MR) is 115 cm³/mol. The van der Waals surface area contributed by atoms with Gasteiger partial charge in [-0.1, -0.05) is 13.8 Å². The number of amides is 3. The molecule has 2 N–H and O–H groups in total. The molecule has 0 radical (unpaired) electrons. The Labute approximate surface area is 179 Å². The highest BCUT2D eigenvalue weighted by Crippen LogP contribution is 2.46. The van der Waals surface area contributed by atoms with Gasteiger partial charge in [-0.05, 0) is 67.6 Å². The first kappa shape index (κ1) is 21.7. The van der Waals surface area contributed by atoms with E-state index in [1.165, 1.54) is 24.3 Å². The number of likely N-dealkylation sites (tertiary alicyclic amines) is 1. The van der Waals surface area contributed by atoms with E-state index in [-0.39, 0.29) is 11.5 Å². The molecule has 0 bridgehead atoms. The molecule has 0 spiro atoms. The summed E-state index contributed by atoms with van der Waals surface area (Å²) in [4.78, 5) is 39.0. The first-order valence-electron chi connectivity index (χ1n) is 9.65. The molecule has 1 atom stereocenters. The maximum absolute atomic E-state index is 12.9. The molecule has 30 heavy (non-hydrogen) atoms. The summed E-state index contributed by atoms with van der Waals surface area (Å²) in [5.74, 6) is -0.922. The number of carboxylic acids is 1. The lowest BCUT2D eigenvalue weighted by Gasteiger charge is -2.53. The molecular formula is C22H24N2O5S. The number of imide groups is 1. The molecule has 2 aromatic carbocycles. The molecule has 0 saturated carbocycles. The summed E-state index contributed by atoms with van der Waals surface area (Å²) in [5.41, 5.74) is -0.0841. The molecule has 3 rings (SSSR count). The molecule has 0 aromatic heterocycles. The van der Waals surface area contributed by atoms with Crippen molar-refractivity contribution in [1.82, 2.24) is 4.90 Å². The normalized spacial score (nSPS) is 17.2. The highest BCUT2D eigenvalue weighted by Gasteiger charge is 2.62. The van der Waals surface area contributed by atoms with Gasteiger partial charge in [-0.3, -0.25) is 4.79 Å². The van der Waals surface area contributed by atoms with E-state index < -0.39 is 23.6 Å². The van der Waals surface area contributed by atoms with Gasteiger partial charge < -0.3 is 15.2 Å². The Morgan fingerprint density at radius 3 is 2.20 bits per heavy atom. The molecule has 1 saturated heterocycles. The van der Waals surface area contributed by atoms with Gasteiger partial charge in [0.2, 0.25) is 5.91 Å². The van der Waals surface area contributed by atoms with Crippen LogP contribution in [0.1, 0.15) is 37.0 Å². The van der Waals surface area contributed by atoms with Gasteiger partial charge in [-0.25, -0.2) is 14.5 Å². The van der Waals surface area contributed by atoms with E-state index in [9.17, 15) is 14.4 Å². The maximum Gasteiger partial charge on any atom is 0.335 e. The zero-order valence-electron chi connectivity index (χ0n) is 17.0. The van der Waals surface area contributed by atoms with E-state index in [1.54, 1.807) is 23.9 Å². The fourth-order valence-corrected chi connectivity index (χ4v) is 3.97. The standard InChI is InChI=1S/C22H24N2O5S/c1-4-22(5-2)19(27)24(21(28)23-15-8-12-17(30-3)13-9-15)20(22)29-16-10-6-14(7-11-16)18(25)26/h6-13,20H,4-5H2,1-3H3,(H,23,28)(H,25,26). The first-order chi connectivity index (χ1) is 14.4. The van der Waals surface area contributed by atoms with Crippen molar-refractivity contribution >= 4 is 35.4 Å². The monoisotopic (exact) mass is 428 g/mol. The van der Waals surface area contributed by atoms with Crippen LogP contribution in [-0.4, -0.2) is 40.4 Å². The summed E-state index contributed by atoms with van der Waals surface area (Å²) in [6.07, 6.45) is 2.23. The summed E-state index contributed by atoms with van der Waals surface area (Å²) < 4.78 is 6.01. The van der Waals surface area contributed by atoms with Gasteiger partial charge in [-0.2, -0.15) is 0 Å². The lowest BCUT2D eigenvalue weighted by molar-refractivity contribution is -0.190. The second kappa shape index (κ2) is 8.79. The van der Waals surface area contributed by atoms with Crippen molar-refractivity contribution in [2.45, 2.75) is 37.8 Å². The fraction of sp³-hybridized carbons (Fsp3) is 0.318. The number of urea groups is 1. The Hall–Kier alpha value is -3.00. The second-order valence-electron chi connectivity index (χ2n) is 7.00. The quantitative estimate of drug-likeness (QED) is 0.491. The highest BCUT2D eigenvalue weighted by molar-refractivity contribution is 7.98. The van der Waals surface area contributed by atoms with Gasteiger partial charge >= 0.3 is 12.0 Å². The van der Waals surface area contributed by atoms with Crippen LogP contribution in [0.2, 0.25) is 0 Å². The van der Waals surface area contributed by atoms with E-state index in [2.05, 4.69) is 5.32 Å². The van der Waals surface area contributed by atoms with E-state index in [1.807, 2.05) is 32.2 Å². The number of rotatable bonds is 7. The van der Waals surface area contributed by atoms with Crippen LogP contribution in [0.3, 0.4) is 0 Å². The topological polar surface area (TPSA) is 95.9 Å². The number of hydrogen-bond donors (Lipinski definition) is 2. The Morgan fingerprint density at radius 2 is 1.70 bits per heavy atom. The predicted octanol–water partition coefficient (Wildman–Crippen LogP) is 4.69. The van der Waals surface area contributed by atoms with Crippen LogP contribution in [0.4, 0.5) is 10.5 Å². The van der Waals surface area contributed by atoms with Crippen LogP contribution >= 0.6 is 11.8 Å². The molecule has 1 fully saturated rings. The van der Waals surface area contributed by atoms with Crippen molar-refractivity contribution in [3.8, 4) is 5.75 Å². The van der Waals surface area contributed by atoms with Crippen LogP contribution in [0.5, 0.6) is 5.75 Å². The second-order valence-corrected chi connectivity index (χ2v) is 7.88. The molecule has 0 aliphatic carbocycles. The van der Waals surface area contributed by atoms with E-state index >= 15 is 0 Å². The minimum absolute atomic E-state index is 0.132. The number of β-lactam (4-membered cyclic amide) rings is 1. The number of anilines is 1. The third-order valence-corrected chi connectivity index (χ3v) is 6.27. The van der Waals surface area contributed by atoms with Gasteiger partial charge in [0.1, 0.15) is 11.2 Å². The summed E-state index contributed by atoms with van der Waals surface area (Å²) in [7, 11) is 0. The number of thioether (sulfide) groups is 1. The zero-order valence-corrected chi connectivity index (χ0v) is 17.9. The summed E-state index contributed by atoms with van der Waals surface area (Å²) in [5, 5.41) is 11.8. The molecule has 3 amide bonds. The van der Waals surface area contributed by atoms with Gasteiger partial charge in [0.25, 0.3) is 0 Å². The van der Waals surface area contributed by atoms with Crippen LogP contribution < -0.4 is 10.1 Å². The average molecular weight is 429 g/mol. The van der Waals surface area contributed by atoms with Crippen molar-refractivity contribution in [2.75, 3.05) is 11.6 Å². The first-order valence-corrected chi connectivity index (χ1v) is 10.9. The average Bonchev–Trinajstić information content (AvgIpc) is 2.75. The summed E-state index contributed by atoms with van der Waals surface area (Å²) >= 11 is 1.59. The van der Waals surface area contributed by atoms with E-state index in [0.717, 1.165) is 9.80 Å². The van der Waals surface area contributed by atoms with Crippen LogP contribution in [0.15, 0.2) is 53.4 Å². The fourth-order valence-electron chi connectivity index (χ4n) is 3.56. The van der Waals surface area contributed by atoms with Crippen molar-refractivity contribution in [3.05, 3.63) is 54.1 Å². The minimum Gasteiger partial charge on any atom is -0.478 e. The lowest BCUT2D eigenvalue weighted by Crippen LogP contribution is -2.73. The number of hydrogen-bond acceptors (Lipinski definition) is 5. The van der Waals surface area contributed by atoms with Crippen molar-refractivity contribution in [1.29, 1.82) is 0 Å². The highest BCUT2D eigenvalue weighted by atomic mass is 32.2. The lowest BCUT2D eigenvalue weighted by atomic mass is 9.72. The SMILES string of the molecule is CCC1(CC)C(=O)N(C(=O)Nc2ccc(SC)cc2)C1Oc1ccc(C(=O)O)cc1. The third-order valence-electron chi connectivity index (χ3n) is 5.52. The van der Waals surface area contributed by atoms with Crippen LogP contribution in [0.25, 0.3) is 0 Å². The third kappa shape index (κ3) is 3.87. The molecule has 1 unspecified atom stereocenters. The number of nitrogens with zero attached hydrogens (tertiary/aromatic N) is 1. The van der Waals surface area contributed by atoms with E-state index in [0.29, 0.717) is 24.3 Å². The number of ether oxygens (including phenoxy) is 1. The van der Waals surface area contributed by atoms with Crippen molar-refractivity contribution in [2.24, 2.45) is 5.41 Å². The largest absolute Gasteiger partial charge is 0.478 e. The van der Waals surface area contributed by atoms with Gasteiger partial charge in [0.05, 0.1) is 5.56 Å². The van der Waals surface area contributed by atoms with Gasteiger partial charge in [0.15, 0.2) is 6.23 Å². The summed E-state index contributed by atoms with van der Waals surface area (Å²) in [6, 6.07) is 12.7. The Balaban J connectivity index is 1.81. The molecule has 1 aliphatic rings. The number of benzene rings is 2. The smallest absolute Gasteiger partial charge is 0.335 e. The minimum atomic E-state index is -1.04. The molecular weight excluding hydrogens is 404 g/mol. The van der Waals surface area contributed by atoms with E-state index in [4.69, 9.17) is 9.84 Å². The number of carboxylic acid groups (broad SMARTS) is 1. The van der Waals surface area contributed by atoms with Crippen molar-refractivity contribution in [3.63, 3.8) is 0 Å². The zero-order chi connectivity index (χ0) is 21.9.